The van der Waals surface area contributed by atoms with E-state index in [4.69, 9.17) is 9.47 Å². The average molecular weight is 316 g/mol. The van der Waals surface area contributed by atoms with Crippen molar-refractivity contribution in [2.45, 2.75) is 26.5 Å². The second-order valence-electron chi connectivity index (χ2n) is 6.38. The summed E-state index contributed by atoms with van der Waals surface area (Å²) in [6.07, 6.45) is 1.90. The second-order valence-corrected chi connectivity index (χ2v) is 6.38. The van der Waals surface area contributed by atoms with Crippen LogP contribution in [0, 0.1) is 5.92 Å². The molecule has 23 heavy (non-hydrogen) atoms. The van der Waals surface area contributed by atoms with Gasteiger partial charge in [-0.3, -0.25) is 4.79 Å². The van der Waals surface area contributed by atoms with Gasteiger partial charge in [0, 0.05) is 30.2 Å². The Kier molecular flexibility index (Phi) is 4.98. The first-order valence-electron chi connectivity index (χ1n) is 8.20. The molecule has 0 aliphatic carbocycles. The molecule has 1 N–H and O–H groups in total. The fourth-order valence-corrected chi connectivity index (χ4v) is 2.93. The Balaban J connectivity index is 1.76. The van der Waals surface area contributed by atoms with Gasteiger partial charge >= 0.3 is 0 Å². The first-order valence-corrected chi connectivity index (χ1v) is 8.20. The third kappa shape index (κ3) is 3.74. The largest absolute Gasteiger partial charge is 0.376 e. The number of rotatable bonds is 5. The van der Waals surface area contributed by atoms with Crippen LogP contribution in [0.25, 0.3) is 10.9 Å². The van der Waals surface area contributed by atoms with E-state index in [0.29, 0.717) is 32.3 Å². The van der Waals surface area contributed by atoms with Gasteiger partial charge in [-0.15, -0.1) is 0 Å². The zero-order valence-corrected chi connectivity index (χ0v) is 13.7. The normalized spacial score (nSPS) is 18.5. The molecule has 1 fully saturated rings. The number of nitrogens with one attached hydrogen (secondary N) is 1. The highest BCUT2D eigenvalue weighted by atomic mass is 16.6. The number of ether oxygens (including phenoxy) is 2. The number of nitrogens with zero attached hydrogens (tertiary/aromatic N) is 1. The number of aromatic nitrogens is 1. The van der Waals surface area contributed by atoms with Gasteiger partial charge in [0.15, 0.2) is 0 Å². The number of para-hydroxylation sites is 1. The molecule has 1 amide bonds. The van der Waals surface area contributed by atoms with Gasteiger partial charge in [0.05, 0.1) is 31.5 Å². The van der Waals surface area contributed by atoms with Crippen LogP contribution in [-0.4, -0.2) is 42.9 Å². The summed E-state index contributed by atoms with van der Waals surface area (Å²) in [7, 11) is 0. The Morgan fingerprint density at radius 3 is 2.91 bits per heavy atom. The minimum Gasteiger partial charge on any atom is -0.376 e. The van der Waals surface area contributed by atoms with Gasteiger partial charge in [-0.25, -0.2) is 0 Å². The van der Waals surface area contributed by atoms with Gasteiger partial charge in [-0.2, -0.15) is 0 Å². The molecule has 1 unspecified atom stereocenters. The van der Waals surface area contributed by atoms with Crippen molar-refractivity contribution in [3.63, 3.8) is 0 Å². The van der Waals surface area contributed by atoms with Crippen molar-refractivity contribution in [3.8, 4) is 0 Å². The fourth-order valence-electron chi connectivity index (χ4n) is 2.93. The Hall–Kier alpha value is -1.85. The zero-order valence-electron chi connectivity index (χ0n) is 13.7. The van der Waals surface area contributed by atoms with Crippen molar-refractivity contribution in [1.29, 1.82) is 0 Å². The van der Waals surface area contributed by atoms with Gasteiger partial charge in [0.2, 0.25) is 0 Å². The molecule has 1 aromatic heterocycles. The van der Waals surface area contributed by atoms with E-state index in [1.54, 1.807) is 0 Å². The van der Waals surface area contributed by atoms with Gasteiger partial charge in [0.1, 0.15) is 0 Å². The predicted molar refractivity (Wildman–Crippen MR) is 89.7 cm³/mol. The number of benzene rings is 1. The van der Waals surface area contributed by atoms with Crippen LogP contribution in [0.1, 0.15) is 24.2 Å². The summed E-state index contributed by atoms with van der Waals surface area (Å²) in [4.78, 5) is 12.6. The maximum atomic E-state index is 12.6. The van der Waals surface area contributed by atoms with Gasteiger partial charge in [-0.05, 0) is 12.0 Å². The van der Waals surface area contributed by atoms with E-state index in [1.165, 1.54) is 0 Å². The number of carbonyl (C=O) groups is 1. The fraction of sp³-hybridized carbons (Fsp3) is 0.500. The van der Waals surface area contributed by atoms with Crippen molar-refractivity contribution >= 4 is 16.8 Å². The van der Waals surface area contributed by atoms with Crippen LogP contribution in [0.5, 0.6) is 0 Å². The maximum Gasteiger partial charge on any atom is 0.253 e. The minimum absolute atomic E-state index is 0.0575. The molecule has 3 rings (SSSR count). The van der Waals surface area contributed by atoms with Crippen LogP contribution in [0.3, 0.4) is 0 Å². The quantitative estimate of drug-likeness (QED) is 0.922. The molecule has 0 saturated carbocycles. The lowest BCUT2D eigenvalue weighted by molar-refractivity contribution is -0.0855. The molecule has 0 radical (unpaired) electrons. The number of hydrogen-bond acceptors (Lipinski definition) is 3. The molecule has 1 atom stereocenters. The third-order valence-electron chi connectivity index (χ3n) is 3.97. The van der Waals surface area contributed by atoms with Gasteiger partial charge in [-0.1, -0.05) is 32.0 Å². The first-order chi connectivity index (χ1) is 11.1. The molecule has 1 aromatic carbocycles. The molecule has 0 spiro atoms. The highest BCUT2D eigenvalue weighted by Gasteiger charge is 2.18. The van der Waals surface area contributed by atoms with Crippen molar-refractivity contribution in [3.05, 3.63) is 36.0 Å². The van der Waals surface area contributed by atoms with Crippen LogP contribution in [0.4, 0.5) is 0 Å². The van der Waals surface area contributed by atoms with Crippen LogP contribution < -0.4 is 5.32 Å². The zero-order chi connectivity index (χ0) is 16.2. The molecular formula is C18H24N2O3. The molecule has 5 heteroatoms. The van der Waals surface area contributed by atoms with E-state index in [1.807, 2.05) is 24.4 Å². The summed E-state index contributed by atoms with van der Waals surface area (Å²) in [5, 5.41) is 3.96. The van der Waals surface area contributed by atoms with Gasteiger partial charge in [0.25, 0.3) is 5.91 Å². The van der Waals surface area contributed by atoms with Crippen LogP contribution in [-0.2, 0) is 16.0 Å². The van der Waals surface area contributed by atoms with Crippen molar-refractivity contribution in [2.75, 3.05) is 26.4 Å². The molecular weight excluding hydrogens is 292 g/mol. The highest BCUT2D eigenvalue weighted by molar-refractivity contribution is 6.07. The number of amides is 1. The predicted octanol–water partition coefficient (Wildman–Crippen LogP) is 2.44. The lowest BCUT2D eigenvalue weighted by Gasteiger charge is -2.22. The molecule has 1 aliphatic heterocycles. The SMILES string of the molecule is CC(C)Cn1cc(C(=O)NCC2COCCO2)c2ccccc21. The highest BCUT2D eigenvalue weighted by Crippen LogP contribution is 2.22. The third-order valence-corrected chi connectivity index (χ3v) is 3.97. The average Bonchev–Trinajstić information content (AvgIpc) is 2.92. The van der Waals surface area contributed by atoms with Crippen LogP contribution in [0.2, 0.25) is 0 Å². The van der Waals surface area contributed by atoms with E-state index in [9.17, 15) is 4.79 Å². The summed E-state index contributed by atoms with van der Waals surface area (Å²) in [5.41, 5.74) is 1.82. The van der Waals surface area contributed by atoms with Crippen LogP contribution >= 0.6 is 0 Å². The Bertz CT molecular complexity index is 672. The first kappa shape index (κ1) is 16.0. The molecule has 5 nitrogen and oxygen atoms in total. The summed E-state index contributed by atoms with van der Waals surface area (Å²) in [6.45, 7) is 7.48. The van der Waals surface area contributed by atoms with E-state index in [0.717, 1.165) is 23.0 Å². The van der Waals surface area contributed by atoms with E-state index in [-0.39, 0.29) is 12.0 Å². The molecule has 2 heterocycles. The second kappa shape index (κ2) is 7.15. The Morgan fingerprint density at radius 2 is 2.17 bits per heavy atom. The molecule has 0 bridgehead atoms. The summed E-state index contributed by atoms with van der Waals surface area (Å²) in [6, 6.07) is 8.04. The Morgan fingerprint density at radius 1 is 1.35 bits per heavy atom. The lowest BCUT2D eigenvalue weighted by Crippen LogP contribution is -2.39. The minimum atomic E-state index is -0.0586. The standard InChI is InChI=1S/C18H24N2O3/c1-13(2)10-20-11-16(15-5-3-4-6-17(15)20)18(21)19-9-14-12-22-7-8-23-14/h3-6,11,13-14H,7-10,12H2,1-2H3,(H,19,21). The van der Waals surface area contributed by atoms with Crippen molar-refractivity contribution in [1.82, 2.24) is 9.88 Å². The van der Waals surface area contributed by atoms with E-state index < -0.39 is 0 Å². The molecule has 124 valence electrons. The van der Waals surface area contributed by atoms with Crippen molar-refractivity contribution < 1.29 is 14.3 Å². The lowest BCUT2D eigenvalue weighted by atomic mass is 10.1. The summed E-state index contributed by atoms with van der Waals surface area (Å²) in [5.74, 6) is 0.465. The maximum absolute atomic E-state index is 12.6. The smallest absolute Gasteiger partial charge is 0.253 e. The summed E-state index contributed by atoms with van der Waals surface area (Å²) >= 11 is 0. The topological polar surface area (TPSA) is 52.5 Å². The Labute approximate surface area is 136 Å². The molecule has 1 aliphatic rings. The number of fused-ring (bicyclic) bond motifs is 1. The van der Waals surface area contributed by atoms with E-state index >= 15 is 0 Å². The molecule has 1 saturated heterocycles. The number of hydrogen-bond donors (Lipinski definition) is 1. The van der Waals surface area contributed by atoms with Crippen LogP contribution in [0.15, 0.2) is 30.5 Å². The monoisotopic (exact) mass is 316 g/mol. The molecule has 2 aromatic rings. The van der Waals surface area contributed by atoms with E-state index in [2.05, 4.69) is 29.8 Å². The summed E-state index contributed by atoms with van der Waals surface area (Å²) < 4.78 is 13.1. The number of carbonyl (C=O) groups excluding carboxylic acids is 1. The van der Waals surface area contributed by atoms with Crippen molar-refractivity contribution in [2.24, 2.45) is 5.92 Å². The van der Waals surface area contributed by atoms with Gasteiger partial charge < -0.3 is 19.4 Å².